The van der Waals surface area contributed by atoms with Gasteiger partial charge >= 0.3 is 0 Å². The summed E-state index contributed by atoms with van der Waals surface area (Å²) in [4.78, 5) is 27.8. The minimum absolute atomic E-state index is 0.0166. The molecule has 0 saturated carbocycles. The lowest BCUT2D eigenvalue weighted by molar-refractivity contribution is -0.120. The van der Waals surface area contributed by atoms with E-state index in [0.29, 0.717) is 43.9 Å². The summed E-state index contributed by atoms with van der Waals surface area (Å²) in [6.45, 7) is 6.81. The Hall–Kier alpha value is -1.93. The molecule has 8 heteroatoms. The van der Waals surface area contributed by atoms with Crippen LogP contribution in [0, 0.1) is 6.92 Å². The number of likely N-dealkylation sites (tertiary alicyclic amines) is 2. The zero-order valence-electron chi connectivity index (χ0n) is 16.2. The molecular weight excluding hydrogens is 348 g/mol. The fraction of sp³-hybridized carbons (Fsp3) is 0.737. The molecule has 0 unspecified atom stereocenters. The van der Waals surface area contributed by atoms with Crippen LogP contribution in [0.2, 0.25) is 0 Å². The minimum Gasteiger partial charge on any atom is -0.388 e. The van der Waals surface area contributed by atoms with E-state index in [0.717, 1.165) is 32.4 Å². The maximum absolute atomic E-state index is 12.6. The van der Waals surface area contributed by atoms with Gasteiger partial charge in [0.15, 0.2) is 5.69 Å². The van der Waals surface area contributed by atoms with E-state index >= 15 is 0 Å². The highest BCUT2D eigenvalue weighted by atomic mass is 16.5. The van der Waals surface area contributed by atoms with Crippen LogP contribution in [0.5, 0.6) is 0 Å². The second-order valence-corrected chi connectivity index (χ2v) is 7.94. The van der Waals surface area contributed by atoms with Crippen molar-refractivity contribution >= 4 is 11.8 Å². The number of piperidine rings is 1. The highest BCUT2D eigenvalue weighted by Gasteiger charge is 2.35. The van der Waals surface area contributed by atoms with E-state index in [4.69, 9.17) is 4.52 Å². The fourth-order valence-electron chi connectivity index (χ4n) is 4.11. The van der Waals surface area contributed by atoms with E-state index in [9.17, 15) is 14.7 Å². The minimum atomic E-state index is -0.782. The van der Waals surface area contributed by atoms with Crippen molar-refractivity contribution in [2.24, 2.45) is 0 Å². The summed E-state index contributed by atoms with van der Waals surface area (Å²) < 4.78 is 5.00. The molecule has 0 bridgehead atoms. The molecule has 3 heterocycles. The van der Waals surface area contributed by atoms with Gasteiger partial charge in [-0.25, -0.2) is 0 Å². The average molecular weight is 378 g/mol. The third kappa shape index (κ3) is 5.29. The van der Waals surface area contributed by atoms with Crippen LogP contribution in [0.15, 0.2) is 10.6 Å². The topological polar surface area (TPSA) is 98.9 Å². The number of rotatable bonds is 4. The summed E-state index contributed by atoms with van der Waals surface area (Å²) in [5.74, 6) is 0.502. The van der Waals surface area contributed by atoms with Crippen molar-refractivity contribution in [3.8, 4) is 0 Å². The number of amides is 2. The SMILES string of the molecule is CC(=O)NC1CCN(C[C@]2(O)CCCN(C(=O)c3cc(C)on3)CC2)CC1. The number of β-amino-alcohol motifs (C(OH)–C–C–N with tert-alkyl or cyclic N) is 1. The van der Waals surface area contributed by atoms with Crippen LogP contribution in [0.3, 0.4) is 0 Å². The van der Waals surface area contributed by atoms with E-state index in [1.54, 1.807) is 24.8 Å². The normalized spacial score (nSPS) is 25.2. The maximum Gasteiger partial charge on any atom is 0.276 e. The van der Waals surface area contributed by atoms with Gasteiger partial charge in [-0.2, -0.15) is 0 Å². The molecule has 0 radical (unpaired) electrons. The Labute approximate surface area is 159 Å². The quantitative estimate of drug-likeness (QED) is 0.809. The van der Waals surface area contributed by atoms with Crippen LogP contribution in [0.4, 0.5) is 0 Å². The number of nitrogens with zero attached hydrogens (tertiary/aromatic N) is 3. The van der Waals surface area contributed by atoms with Crippen LogP contribution in [-0.4, -0.2) is 76.2 Å². The number of aromatic nitrogens is 1. The fourth-order valence-corrected chi connectivity index (χ4v) is 4.11. The monoisotopic (exact) mass is 378 g/mol. The zero-order chi connectivity index (χ0) is 19.4. The molecule has 2 fully saturated rings. The van der Waals surface area contributed by atoms with Gasteiger partial charge in [-0.1, -0.05) is 5.16 Å². The number of hydrogen-bond donors (Lipinski definition) is 2. The van der Waals surface area contributed by atoms with Crippen LogP contribution >= 0.6 is 0 Å². The second kappa shape index (κ2) is 8.39. The van der Waals surface area contributed by atoms with Crippen molar-refractivity contribution in [1.82, 2.24) is 20.3 Å². The molecule has 3 rings (SSSR count). The van der Waals surface area contributed by atoms with E-state index in [2.05, 4.69) is 15.4 Å². The molecule has 0 spiro atoms. The number of aryl methyl sites for hydroxylation is 1. The van der Waals surface area contributed by atoms with Gasteiger partial charge in [0.2, 0.25) is 5.91 Å². The van der Waals surface area contributed by atoms with E-state index in [1.165, 1.54) is 0 Å². The summed E-state index contributed by atoms with van der Waals surface area (Å²) in [5, 5.41) is 17.9. The number of carbonyl (C=O) groups is 2. The summed E-state index contributed by atoms with van der Waals surface area (Å²) in [6, 6.07) is 1.89. The van der Waals surface area contributed by atoms with E-state index in [-0.39, 0.29) is 17.9 Å². The van der Waals surface area contributed by atoms with Crippen LogP contribution in [-0.2, 0) is 4.79 Å². The molecular formula is C19H30N4O4. The lowest BCUT2D eigenvalue weighted by Gasteiger charge is -2.38. The maximum atomic E-state index is 12.6. The van der Waals surface area contributed by atoms with Crippen LogP contribution in [0.1, 0.15) is 55.3 Å². The molecule has 2 amide bonds. The number of aliphatic hydroxyl groups is 1. The standard InChI is InChI=1S/C19H30N4O4/c1-14-12-17(21-27-14)18(25)23-8-3-6-19(26,7-11-23)13-22-9-4-16(5-10-22)20-15(2)24/h12,16,26H,3-11,13H2,1-2H3,(H,20,24)/t19-/m0/s1. The first-order valence-electron chi connectivity index (χ1n) is 9.79. The predicted octanol–water partition coefficient (Wildman–Crippen LogP) is 0.941. The first-order chi connectivity index (χ1) is 12.8. The average Bonchev–Trinajstić information content (AvgIpc) is 2.95. The first kappa shape index (κ1) is 19.8. The Morgan fingerprint density at radius 3 is 2.67 bits per heavy atom. The van der Waals surface area contributed by atoms with E-state index in [1.807, 2.05) is 0 Å². The van der Waals surface area contributed by atoms with Gasteiger partial charge in [0.25, 0.3) is 5.91 Å². The Morgan fingerprint density at radius 1 is 1.30 bits per heavy atom. The second-order valence-electron chi connectivity index (χ2n) is 7.94. The summed E-state index contributed by atoms with van der Waals surface area (Å²) >= 11 is 0. The van der Waals surface area contributed by atoms with Gasteiger partial charge in [-0.05, 0) is 39.0 Å². The zero-order valence-corrected chi connectivity index (χ0v) is 16.2. The van der Waals surface area contributed by atoms with Gasteiger partial charge in [-0.3, -0.25) is 9.59 Å². The molecule has 2 saturated heterocycles. The van der Waals surface area contributed by atoms with Crippen molar-refractivity contribution in [3.63, 3.8) is 0 Å². The van der Waals surface area contributed by atoms with Crippen molar-refractivity contribution in [2.75, 3.05) is 32.7 Å². The molecule has 8 nitrogen and oxygen atoms in total. The van der Waals surface area contributed by atoms with Crippen molar-refractivity contribution in [1.29, 1.82) is 0 Å². The molecule has 150 valence electrons. The lowest BCUT2D eigenvalue weighted by Crippen LogP contribution is -2.50. The van der Waals surface area contributed by atoms with Crippen LogP contribution < -0.4 is 5.32 Å². The molecule has 1 aromatic heterocycles. The van der Waals surface area contributed by atoms with Crippen molar-refractivity contribution in [2.45, 2.75) is 57.6 Å². The van der Waals surface area contributed by atoms with Gasteiger partial charge in [-0.15, -0.1) is 0 Å². The summed E-state index contributed by atoms with van der Waals surface area (Å²) in [6.07, 6.45) is 3.82. The van der Waals surface area contributed by atoms with Gasteiger partial charge in [0.1, 0.15) is 5.76 Å². The Bertz CT molecular complexity index is 668. The summed E-state index contributed by atoms with van der Waals surface area (Å²) in [5.41, 5.74) is -0.451. The van der Waals surface area contributed by atoms with Gasteiger partial charge in [0, 0.05) is 51.8 Å². The molecule has 1 aromatic rings. The smallest absolute Gasteiger partial charge is 0.276 e. The number of nitrogens with one attached hydrogen (secondary N) is 1. The van der Waals surface area contributed by atoms with Crippen molar-refractivity contribution < 1.29 is 19.2 Å². The van der Waals surface area contributed by atoms with Crippen LogP contribution in [0.25, 0.3) is 0 Å². The van der Waals surface area contributed by atoms with E-state index < -0.39 is 5.60 Å². The highest BCUT2D eigenvalue weighted by molar-refractivity contribution is 5.92. The molecule has 2 aliphatic rings. The molecule has 2 N–H and O–H groups in total. The van der Waals surface area contributed by atoms with Gasteiger partial charge in [0.05, 0.1) is 5.60 Å². The van der Waals surface area contributed by atoms with Crippen molar-refractivity contribution in [3.05, 3.63) is 17.5 Å². The molecule has 1 atom stereocenters. The number of hydrogen-bond acceptors (Lipinski definition) is 6. The number of carbonyl (C=O) groups excluding carboxylic acids is 2. The molecule has 2 aliphatic heterocycles. The Balaban J connectivity index is 1.51. The summed E-state index contributed by atoms with van der Waals surface area (Å²) in [7, 11) is 0. The Morgan fingerprint density at radius 2 is 2.04 bits per heavy atom. The molecule has 0 aromatic carbocycles. The van der Waals surface area contributed by atoms with Gasteiger partial charge < -0.3 is 24.7 Å². The first-order valence-corrected chi connectivity index (χ1v) is 9.79. The molecule has 27 heavy (non-hydrogen) atoms. The highest BCUT2D eigenvalue weighted by Crippen LogP contribution is 2.26. The third-order valence-corrected chi connectivity index (χ3v) is 5.56. The lowest BCUT2D eigenvalue weighted by atomic mass is 9.93. The largest absolute Gasteiger partial charge is 0.388 e. The predicted molar refractivity (Wildman–Crippen MR) is 99.2 cm³/mol. The molecule has 0 aliphatic carbocycles. The third-order valence-electron chi connectivity index (χ3n) is 5.56. The Kier molecular flexibility index (Phi) is 6.16.